The molecule has 0 aromatic carbocycles. The second-order valence-electron chi connectivity index (χ2n) is 6.49. The van der Waals surface area contributed by atoms with Gasteiger partial charge in [0.1, 0.15) is 0 Å². The van der Waals surface area contributed by atoms with Gasteiger partial charge in [-0.2, -0.15) is 0 Å². The van der Waals surface area contributed by atoms with Crippen molar-refractivity contribution in [3.05, 3.63) is 0 Å². The molecule has 0 saturated heterocycles. The van der Waals surface area contributed by atoms with E-state index in [1.165, 1.54) is 32.1 Å². The fraction of sp³-hybridized carbons (Fsp3) is 1.00. The minimum atomic E-state index is -0.420. The first-order valence-corrected chi connectivity index (χ1v) is 8.87. The van der Waals surface area contributed by atoms with Crippen LogP contribution in [-0.2, 0) is 4.74 Å². The molecule has 0 aliphatic heterocycles. The zero-order valence-corrected chi connectivity index (χ0v) is 13.7. The summed E-state index contributed by atoms with van der Waals surface area (Å²) < 4.78 is 5.51. The quantitative estimate of drug-likeness (QED) is 0.457. The van der Waals surface area contributed by atoms with Crippen molar-refractivity contribution < 1.29 is 14.9 Å². The summed E-state index contributed by atoms with van der Waals surface area (Å²) in [5, 5.41) is 22.5. The molecule has 1 aliphatic carbocycles. The van der Waals surface area contributed by atoms with Gasteiger partial charge in [0, 0.05) is 13.2 Å². The van der Waals surface area contributed by atoms with Crippen LogP contribution in [0.2, 0.25) is 0 Å². The van der Waals surface area contributed by atoms with Crippen molar-refractivity contribution in [2.45, 2.75) is 76.9 Å². The maximum atomic E-state index is 9.81. The van der Waals surface area contributed by atoms with Crippen LogP contribution in [0.5, 0.6) is 0 Å². The van der Waals surface area contributed by atoms with Crippen molar-refractivity contribution in [1.82, 2.24) is 5.32 Å². The predicted molar refractivity (Wildman–Crippen MR) is 86.4 cm³/mol. The van der Waals surface area contributed by atoms with Crippen LogP contribution in [0.1, 0.15) is 64.7 Å². The van der Waals surface area contributed by atoms with Crippen molar-refractivity contribution in [3.8, 4) is 0 Å². The number of hydrogen-bond acceptors (Lipinski definition) is 4. The molecule has 1 rings (SSSR count). The first-order valence-electron chi connectivity index (χ1n) is 8.87. The van der Waals surface area contributed by atoms with E-state index in [9.17, 15) is 10.2 Å². The Bertz CT molecular complexity index is 238. The van der Waals surface area contributed by atoms with Crippen LogP contribution >= 0.6 is 0 Å². The number of unbranched alkanes of at least 4 members (excludes halogenated alkanes) is 5. The summed E-state index contributed by atoms with van der Waals surface area (Å²) in [6, 6.07) is 0. The minimum Gasteiger partial charge on any atom is -0.393 e. The lowest BCUT2D eigenvalue weighted by molar-refractivity contribution is 0.0350. The smallest absolute Gasteiger partial charge is 0.0897 e. The van der Waals surface area contributed by atoms with E-state index in [2.05, 4.69) is 12.2 Å². The van der Waals surface area contributed by atoms with Gasteiger partial charge >= 0.3 is 0 Å². The number of hydrogen-bond donors (Lipinski definition) is 3. The number of aliphatic hydroxyl groups is 2. The molecule has 0 bridgehead atoms. The Kier molecular flexibility index (Phi) is 11.1. The summed E-state index contributed by atoms with van der Waals surface area (Å²) in [7, 11) is 0. The predicted octanol–water partition coefficient (Wildman–Crippen LogP) is 2.48. The average molecular weight is 301 g/mol. The van der Waals surface area contributed by atoms with Crippen molar-refractivity contribution in [2.75, 3.05) is 26.3 Å². The maximum Gasteiger partial charge on any atom is 0.0897 e. The monoisotopic (exact) mass is 301 g/mol. The SMILES string of the molecule is CCCCCCCCOCC(O)CNCC1CCC(O)C1. The number of rotatable bonds is 13. The molecule has 4 heteroatoms. The molecule has 0 spiro atoms. The number of nitrogens with one attached hydrogen (secondary N) is 1. The molecule has 0 amide bonds. The van der Waals surface area contributed by atoms with Crippen molar-refractivity contribution >= 4 is 0 Å². The third kappa shape index (κ3) is 10.2. The molecule has 3 unspecified atom stereocenters. The Labute approximate surface area is 130 Å². The second-order valence-corrected chi connectivity index (χ2v) is 6.49. The third-order valence-corrected chi connectivity index (χ3v) is 4.28. The Morgan fingerprint density at radius 3 is 2.62 bits per heavy atom. The lowest BCUT2D eigenvalue weighted by atomic mass is 10.1. The summed E-state index contributed by atoms with van der Waals surface area (Å²) in [4.78, 5) is 0. The van der Waals surface area contributed by atoms with E-state index in [0.29, 0.717) is 19.1 Å². The van der Waals surface area contributed by atoms with Crippen LogP contribution in [0.4, 0.5) is 0 Å². The van der Waals surface area contributed by atoms with Gasteiger partial charge in [0.15, 0.2) is 0 Å². The highest BCUT2D eigenvalue weighted by Crippen LogP contribution is 2.24. The van der Waals surface area contributed by atoms with E-state index < -0.39 is 6.10 Å². The molecular formula is C17H35NO3. The van der Waals surface area contributed by atoms with E-state index in [-0.39, 0.29) is 6.10 Å². The molecule has 1 saturated carbocycles. The topological polar surface area (TPSA) is 61.7 Å². The van der Waals surface area contributed by atoms with Crippen LogP contribution in [-0.4, -0.2) is 48.7 Å². The third-order valence-electron chi connectivity index (χ3n) is 4.28. The highest BCUT2D eigenvalue weighted by molar-refractivity contribution is 4.76. The van der Waals surface area contributed by atoms with E-state index in [1.807, 2.05) is 0 Å². The molecule has 0 aromatic heterocycles. The first-order chi connectivity index (χ1) is 10.2. The summed E-state index contributed by atoms with van der Waals surface area (Å²) in [5.74, 6) is 0.566. The van der Waals surface area contributed by atoms with E-state index in [1.54, 1.807) is 0 Å². The fourth-order valence-electron chi connectivity index (χ4n) is 2.95. The van der Waals surface area contributed by atoms with Crippen LogP contribution in [0, 0.1) is 5.92 Å². The van der Waals surface area contributed by atoms with Crippen LogP contribution < -0.4 is 5.32 Å². The lowest BCUT2D eigenvalue weighted by Crippen LogP contribution is -2.33. The average Bonchev–Trinajstić information content (AvgIpc) is 2.87. The summed E-state index contributed by atoms with van der Waals surface area (Å²) in [6.45, 7) is 4.90. The molecule has 4 nitrogen and oxygen atoms in total. The van der Waals surface area contributed by atoms with Crippen molar-refractivity contribution in [1.29, 1.82) is 0 Å². The Balaban J connectivity index is 1.82. The zero-order valence-electron chi connectivity index (χ0n) is 13.7. The zero-order chi connectivity index (χ0) is 15.3. The Morgan fingerprint density at radius 2 is 1.90 bits per heavy atom. The molecule has 3 N–H and O–H groups in total. The standard InChI is InChI=1S/C17H35NO3/c1-2-3-4-5-6-7-10-21-14-17(20)13-18-12-15-8-9-16(19)11-15/h15-20H,2-14H2,1H3. The summed E-state index contributed by atoms with van der Waals surface area (Å²) >= 11 is 0. The van der Waals surface area contributed by atoms with Gasteiger partial charge in [-0.05, 0) is 38.1 Å². The van der Waals surface area contributed by atoms with Gasteiger partial charge in [0.2, 0.25) is 0 Å². The highest BCUT2D eigenvalue weighted by Gasteiger charge is 2.22. The van der Waals surface area contributed by atoms with Gasteiger partial charge in [-0.1, -0.05) is 39.0 Å². The molecule has 21 heavy (non-hydrogen) atoms. The Hall–Kier alpha value is -0.160. The van der Waals surface area contributed by atoms with E-state index in [0.717, 1.165) is 38.8 Å². The van der Waals surface area contributed by atoms with Crippen molar-refractivity contribution in [2.24, 2.45) is 5.92 Å². The van der Waals surface area contributed by atoms with Crippen LogP contribution in [0.25, 0.3) is 0 Å². The van der Waals surface area contributed by atoms with Gasteiger partial charge in [0.25, 0.3) is 0 Å². The fourth-order valence-corrected chi connectivity index (χ4v) is 2.95. The molecule has 1 aliphatic rings. The number of ether oxygens (including phenoxy) is 1. The maximum absolute atomic E-state index is 9.81. The highest BCUT2D eigenvalue weighted by atomic mass is 16.5. The van der Waals surface area contributed by atoms with Crippen molar-refractivity contribution in [3.63, 3.8) is 0 Å². The molecule has 0 heterocycles. The lowest BCUT2D eigenvalue weighted by Gasteiger charge is -2.15. The summed E-state index contributed by atoms with van der Waals surface area (Å²) in [6.07, 6.45) is 9.99. The van der Waals surface area contributed by atoms with Gasteiger partial charge in [0.05, 0.1) is 18.8 Å². The molecular weight excluding hydrogens is 266 g/mol. The van der Waals surface area contributed by atoms with E-state index in [4.69, 9.17) is 4.74 Å². The molecule has 126 valence electrons. The van der Waals surface area contributed by atoms with E-state index >= 15 is 0 Å². The minimum absolute atomic E-state index is 0.109. The molecule has 0 aromatic rings. The van der Waals surface area contributed by atoms with Gasteiger partial charge < -0.3 is 20.3 Å². The summed E-state index contributed by atoms with van der Waals surface area (Å²) in [5.41, 5.74) is 0. The van der Waals surface area contributed by atoms with Crippen LogP contribution in [0.15, 0.2) is 0 Å². The normalized spacial score (nSPS) is 23.6. The van der Waals surface area contributed by atoms with Crippen LogP contribution in [0.3, 0.4) is 0 Å². The van der Waals surface area contributed by atoms with Gasteiger partial charge in [-0.15, -0.1) is 0 Å². The molecule has 1 fully saturated rings. The Morgan fingerprint density at radius 1 is 1.14 bits per heavy atom. The van der Waals surface area contributed by atoms with Gasteiger partial charge in [-0.25, -0.2) is 0 Å². The first kappa shape index (κ1) is 18.9. The molecule has 3 atom stereocenters. The molecule has 0 radical (unpaired) electrons. The second kappa shape index (κ2) is 12.4. The largest absolute Gasteiger partial charge is 0.393 e. The van der Waals surface area contributed by atoms with Gasteiger partial charge in [-0.3, -0.25) is 0 Å². The number of aliphatic hydroxyl groups excluding tert-OH is 2.